The number of unbranched alkanes of at least 4 members (excludes halogenated alkanes) is 2. The highest BCUT2D eigenvalue weighted by Gasteiger charge is 2.12. The van der Waals surface area contributed by atoms with Gasteiger partial charge in [-0.15, -0.1) is 0 Å². The third kappa shape index (κ3) is 6.25. The lowest BCUT2D eigenvalue weighted by molar-refractivity contribution is -0.384. The minimum absolute atomic E-state index is 0.108. The van der Waals surface area contributed by atoms with Gasteiger partial charge in [0.25, 0.3) is 11.6 Å². The number of nitrogens with zero attached hydrogens (tertiary/aromatic N) is 2. The van der Waals surface area contributed by atoms with Gasteiger partial charge in [0.2, 0.25) is 0 Å². The fourth-order valence-corrected chi connectivity index (χ4v) is 2.41. The van der Waals surface area contributed by atoms with Gasteiger partial charge in [0.1, 0.15) is 17.4 Å². The molecule has 0 atom stereocenters. The Morgan fingerprint density at radius 3 is 2.64 bits per heavy atom. The molecule has 0 aromatic heterocycles. The van der Waals surface area contributed by atoms with Gasteiger partial charge in [0.15, 0.2) is 0 Å². The highest BCUT2D eigenvalue weighted by Crippen LogP contribution is 2.19. The van der Waals surface area contributed by atoms with E-state index in [1.165, 1.54) is 30.3 Å². The van der Waals surface area contributed by atoms with Crippen molar-refractivity contribution in [1.82, 2.24) is 0 Å². The highest BCUT2D eigenvalue weighted by atomic mass is 16.6. The maximum absolute atomic E-state index is 12.3. The van der Waals surface area contributed by atoms with Crippen LogP contribution >= 0.6 is 0 Å². The van der Waals surface area contributed by atoms with E-state index in [0.29, 0.717) is 12.2 Å². The maximum Gasteiger partial charge on any atom is 0.271 e. The van der Waals surface area contributed by atoms with Crippen molar-refractivity contribution >= 4 is 23.4 Å². The third-order valence-electron chi connectivity index (χ3n) is 3.89. The Hall–Kier alpha value is -3.66. The van der Waals surface area contributed by atoms with Gasteiger partial charge in [-0.2, -0.15) is 5.26 Å². The zero-order valence-electron chi connectivity index (χ0n) is 15.6. The van der Waals surface area contributed by atoms with E-state index in [9.17, 15) is 20.2 Å². The number of non-ortho nitro benzene ring substituents is 1. The molecule has 7 nitrogen and oxygen atoms in total. The quantitative estimate of drug-likeness (QED) is 0.223. The minimum atomic E-state index is -0.636. The molecule has 0 saturated heterocycles. The number of anilines is 1. The molecule has 0 heterocycles. The largest absolute Gasteiger partial charge is 0.494 e. The van der Waals surface area contributed by atoms with Crippen molar-refractivity contribution in [2.24, 2.45) is 0 Å². The summed E-state index contributed by atoms with van der Waals surface area (Å²) in [6.45, 7) is 2.78. The predicted octanol–water partition coefficient (Wildman–Crippen LogP) is 4.71. The van der Waals surface area contributed by atoms with E-state index < -0.39 is 10.8 Å². The minimum Gasteiger partial charge on any atom is -0.494 e. The number of nitrogens with one attached hydrogen (secondary N) is 1. The first-order valence-corrected chi connectivity index (χ1v) is 8.94. The molecule has 0 unspecified atom stereocenters. The normalized spacial score (nSPS) is 10.8. The summed E-state index contributed by atoms with van der Waals surface area (Å²) in [5.41, 5.74) is 0.667. The van der Waals surface area contributed by atoms with Gasteiger partial charge in [0.05, 0.1) is 11.5 Å². The second-order valence-corrected chi connectivity index (χ2v) is 6.06. The van der Waals surface area contributed by atoms with Crippen molar-refractivity contribution in [2.45, 2.75) is 26.2 Å². The van der Waals surface area contributed by atoms with Crippen LogP contribution in [0.3, 0.4) is 0 Å². The summed E-state index contributed by atoms with van der Waals surface area (Å²) in [6.07, 6.45) is 4.69. The van der Waals surface area contributed by atoms with E-state index in [1.807, 2.05) is 6.07 Å². The standard InChI is InChI=1S/C21H21N3O4/c1-2-3-4-12-28-20-10-8-16(9-11-20)13-17(15-22)21(25)23-18-6-5-7-19(14-18)24(26)27/h5-11,13-14H,2-4,12H2,1H3,(H,23,25)/b17-13-. The second kappa shape index (κ2) is 10.5. The van der Waals surface area contributed by atoms with Crippen LogP contribution in [0.5, 0.6) is 5.75 Å². The number of hydrogen-bond acceptors (Lipinski definition) is 5. The van der Waals surface area contributed by atoms with E-state index in [-0.39, 0.29) is 16.9 Å². The molecule has 7 heteroatoms. The molecule has 0 saturated carbocycles. The van der Waals surface area contributed by atoms with E-state index in [4.69, 9.17) is 4.74 Å². The summed E-state index contributed by atoms with van der Waals surface area (Å²) in [5.74, 6) is 0.0932. The van der Waals surface area contributed by atoms with Crippen LogP contribution in [-0.4, -0.2) is 17.4 Å². The zero-order chi connectivity index (χ0) is 20.4. The topological polar surface area (TPSA) is 105 Å². The van der Waals surface area contributed by atoms with Crippen molar-refractivity contribution in [3.05, 3.63) is 69.8 Å². The molecule has 144 valence electrons. The fourth-order valence-electron chi connectivity index (χ4n) is 2.41. The first-order chi connectivity index (χ1) is 13.5. The number of benzene rings is 2. The van der Waals surface area contributed by atoms with Crippen LogP contribution in [0, 0.1) is 21.4 Å². The maximum atomic E-state index is 12.3. The highest BCUT2D eigenvalue weighted by molar-refractivity contribution is 6.09. The van der Waals surface area contributed by atoms with E-state index in [1.54, 1.807) is 24.3 Å². The van der Waals surface area contributed by atoms with Crippen molar-refractivity contribution in [1.29, 1.82) is 5.26 Å². The Balaban J connectivity index is 2.04. The summed E-state index contributed by atoms with van der Waals surface area (Å²) in [7, 11) is 0. The molecule has 28 heavy (non-hydrogen) atoms. The SMILES string of the molecule is CCCCCOc1ccc(/C=C(/C#N)C(=O)Nc2cccc([N+](=O)[O-])c2)cc1. The van der Waals surface area contributed by atoms with Gasteiger partial charge in [-0.25, -0.2) is 0 Å². The number of ether oxygens (including phenoxy) is 1. The molecular formula is C21H21N3O4. The van der Waals surface area contributed by atoms with Crippen molar-refractivity contribution in [3.8, 4) is 11.8 Å². The number of hydrogen-bond donors (Lipinski definition) is 1. The molecule has 0 aliphatic heterocycles. The van der Waals surface area contributed by atoms with E-state index in [2.05, 4.69) is 12.2 Å². The lowest BCUT2D eigenvalue weighted by Crippen LogP contribution is -2.13. The smallest absolute Gasteiger partial charge is 0.271 e. The number of rotatable bonds is 9. The Kier molecular flexibility index (Phi) is 7.73. The van der Waals surface area contributed by atoms with Gasteiger partial charge in [-0.3, -0.25) is 14.9 Å². The molecule has 0 bridgehead atoms. The van der Waals surface area contributed by atoms with Crippen LogP contribution in [0.1, 0.15) is 31.7 Å². The van der Waals surface area contributed by atoms with Crippen LogP contribution in [-0.2, 0) is 4.79 Å². The molecule has 0 aliphatic rings. The van der Waals surface area contributed by atoms with Crippen LogP contribution < -0.4 is 10.1 Å². The molecule has 2 aromatic carbocycles. The van der Waals surface area contributed by atoms with Crippen molar-refractivity contribution < 1.29 is 14.5 Å². The molecule has 0 fully saturated rings. The number of nitriles is 1. The van der Waals surface area contributed by atoms with E-state index in [0.717, 1.165) is 25.0 Å². The predicted molar refractivity (Wildman–Crippen MR) is 107 cm³/mol. The van der Waals surface area contributed by atoms with Crippen LogP contribution in [0.2, 0.25) is 0 Å². The zero-order valence-corrected chi connectivity index (χ0v) is 15.6. The molecule has 1 N–H and O–H groups in total. The van der Waals surface area contributed by atoms with Crippen LogP contribution in [0.15, 0.2) is 54.1 Å². The number of carbonyl (C=O) groups is 1. The third-order valence-corrected chi connectivity index (χ3v) is 3.89. The monoisotopic (exact) mass is 379 g/mol. The van der Waals surface area contributed by atoms with Gasteiger partial charge >= 0.3 is 0 Å². The van der Waals surface area contributed by atoms with Crippen LogP contribution in [0.25, 0.3) is 6.08 Å². The van der Waals surface area contributed by atoms with Gasteiger partial charge in [0, 0.05) is 17.8 Å². The first-order valence-electron chi connectivity index (χ1n) is 8.94. The number of nitro groups is 1. The molecule has 0 radical (unpaired) electrons. The Bertz CT molecular complexity index is 899. The molecule has 0 spiro atoms. The summed E-state index contributed by atoms with van der Waals surface area (Å²) in [6, 6.07) is 14.5. The number of carbonyl (C=O) groups excluding carboxylic acids is 1. The van der Waals surface area contributed by atoms with Crippen molar-refractivity contribution in [3.63, 3.8) is 0 Å². The van der Waals surface area contributed by atoms with Crippen LogP contribution in [0.4, 0.5) is 11.4 Å². The Morgan fingerprint density at radius 1 is 1.25 bits per heavy atom. The second-order valence-electron chi connectivity index (χ2n) is 6.06. The van der Waals surface area contributed by atoms with Gasteiger partial charge in [-0.1, -0.05) is 38.0 Å². The Morgan fingerprint density at radius 2 is 2.00 bits per heavy atom. The average molecular weight is 379 g/mol. The lowest BCUT2D eigenvalue weighted by atomic mass is 10.1. The van der Waals surface area contributed by atoms with E-state index >= 15 is 0 Å². The first kappa shape index (κ1) is 20.6. The van der Waals surface area contributed by atoms with Gasteiger partial charge < -0.3 is 10.1 Å². The number of nitro benzene ring substituents is 1. The summed E-state index contributed by atoms with van der Waals surface area (Å²) in [5, 5.41) is 22.6. The Labute approximate surface area is 163 Å². The molecule has 2 rings (SSSR count). The molecular weight excluding hydrogens is 358 g/mol. The summed E-state index contributed by atoms with van der Waals surface area (Å²) in [4.78, 5) is 22.6. The fraction of sp³-hybridized carbons (Fsp3) is 0.238. The molecule has 1 amide bonds. The van der Waals surface area contributed by atoms with Gasteiger partial charge in [-0.05, 0) is 36.3 Å². The lowest BCUT2D eigenvalue weighted by Gasteiger charge is -2.06. The average Bonchev–Trinajstić information content (AvgIpc) is 2.70. The molecule has 2 aromatic rings. The summed E-state index contributed by atoms with van der Waals surface area (Å²) < 4.78 is 5.63. The summed E-state index contributed by atoms with van der Waals surface area (Å²) >= 11 is 0. The number of amides is 1. The molecule has 0 aliphatic carbocycles. The van der Waals surface area contributed by atoms with Crippen molar-refractivity contribution in [2.75, 3.05) is 11.9 Å².